The van der Waals surface area contributed by atoms with Crippen LogP contribution in [-0.2, 0) is 14.4 Å². The highest BCUT2D eigenvalue weighted by Crippen LogP contribution is 2.25. The van der Waals surface area contributed by atoms with Crippen LogP contribution < -0.4 is 0 Å². The van der Waals surface area contributed by atoms with Crippen LogP contribution in [0.2, 0.25) is 0 Å². The molecule has 1 fully saturated rings. The molecule has 0 N–H and O–H groups in total. The summed E-state index contributed by atoms with van der Waals surface area (Å²) in [6.07, 6.45) is -0.442. The molecule has 2 aliphatic heterocycles. The Hall–Kier alpha value is -1.63. The second-order valence-corrected chi connectivity index (χ2v) is 4.24. The molecule has 2 bridgehead atoms. The summed E-state index contributed by atoms with van der Waals surface area (Å²) in [4.78, 5) is 29.2. The third-order valence-corrected chi connectivity index (χ3v) is 2.76. The molecule has 0 spiro atoms. The van der Waals surface area contributed by atoms with E-state index in [2.05, 4.69) is 4.74 Å². The number of alkyl halides is 1. The first-order valence-electron chi connectivity index (χ1n) is 5.76. The first kappa shape index (κ1) is 12.8. The Balaban J connectivity index is 2.01. The molecule has 1 saturated heterocycles. The molecular weight excluding hydrogens is 243 g/mol. The van der Waals surface area contributed by atoms with E-state index in [1.54, 1.807) is 6.92 Å². The van der Waals surface area contributed by atoms with E-state index in [1.165, 1.54) is 4.90 Å². The smallest absolute Gasteiger partial charge is 0.370 e. The van der Waals surface area contributed by atoms with E-state index in [9.17, 15) is 14.0 Å². The zero-order valence-electron chi connectivity index (χ0n) is 10.3. The zero-order chi connectivity index (χ0) is 13.3. The normalized spacial score (nSPS) is 24.1. The van der Waals surface area contributed by atoms with Crippen LogP contribution in [0, 0.1) is 0 Å². The van der Waals surface area contributed by atoms with Crippen molar-refractivity contribution in [2.45, 2.75) is 26.2 Å². The second kappa shape index (κ2) is 4.93. The van der Waals surface area contributed by atoms with Crippen LogP contribution in [0.4, 0.5) is 9.18 Å². The zero-order valence-corrected chi connectivity index (χ0v) is 10.3. The van der Waals surface area contributed by atoms with Crippen molar-refractivity contribution in [3.8, 4) is 0 Å². The number of rotatable bonds is 4. The third-order valence-electron chi connectivity index (χ3n) is 2.76. The lowest BCUT2D eigenvalue weighted by Crippen LogP contribution is -2.38. The van der Waals surface area contributed by atoms with Gasteiger partial charge in [0.2, 0.25) is 0 Å². The SMILES string of the molecule is CCOC(=O)[C@@H](F)ON1C(=O)N2CC(C)=C[C@@H]1C2. The molecular formula is C11H15FN2O4. The van der Waals surface area contributed by atoms with Crippen molar-refractivity contribution < 1.29 is 23.6 Å². The average Bonchev–Trinajstić information content (AvgIpc) is 2.53. The molecule has 2 amide bonds. The van der Waals surface area contributed by atoms with Gasteiger partial charge in [0, 0.05) is 13.1 Å². The molecule has 0 aromatic rings. The Morgan fingerprint density at radius 1 is 1.67 bits per heavy atom. The maximum absolute atomic E-state index is 13.4. The van der Waals surface area contributed by atoms with Gasteiger partial charge in [0.05, 0.1) is 12.6 Å². The van der Waals surface area contributed by atoms with Crippen molar-refractivity contribution in [1.29, 1.82) is 0 Å². The lowest BCUT2D eigenvalue weighted by atomic mass is 10.1. The number of hydroxylamine groups is 2. The highest BCUT2D eigenvalue weighted by atomic mass is 19.1. The van der Waals surface area contributed by atoms with Crippen molar-refractivity contribution in [2.24, 2.45) is 0 Å². The number of urea groups is 1. The average molecular weight is 258 g/mol. The summed E-state index contributed by atoms with van der Waals surface area (Å²) in [5.41, 5.74) is 1.01. The maximum Gasteiger partial charge on any atom is 0.370 e. The number of carbonyl (C=O) groups excluding carboxylic acids is 2. The Labute approximate surface area is 104 Å². The predicted octanol–water partition coefficient (Wildman–Crippen LogP) is 0.843. The molecule has 7 heteroatoms. The molecule has 0 unspecified atom stereocenters. The van der Waals surface area contributed by atoms with E-state index in [0.29, 0.717) is 13.1 Å². The first-order chi connectivity index (χ1) is 8.52. The molecule has 2 aliphatic rings. The molecule has 2 heterocycles. The molecule has 100 valence electrons. The second-order valence-electron chi connectivity index (χ2n) is 4.24. The van der Waals surface area contributed by atoms with Gasteiger partial charge >= 0.3 is 18.4 Å². The van der Waals surface area contributed by atoms with Crippen LogP contribution in [0.1, 0.15) is 13.8 Å². The van der Waals surface area contributed by atoms with E-state index < -0.39 is 18.4 Å². The lowest BCUT2D eigenvalue weighted by molar-refractivity contribution is -0.223. The fourth-order valence-electron chi connectivity index (χ4n) is 2.07. The summed E-state index contributed by atoms with van der Waals surface area (Å²) in [6.45, 7) is 4.47. The number of hydrogen-bond donors (Lipinski definition) is 0. The van der Waals surface area contributed by atoms with E-state index in [4.69, 9.17) is 4.84 Å². The van der Waals surface area contributed by atoms with E-state index in [1.807, 2.05) is 13.0 Å². The Morgan fingerprint density at radius 2 is 2.39 bits per heavy atom. The van der Waals surface area contributed by atoms with Crippen LogP contribution >= 0.6 is 0 Å². The minimum atomic E-state index is -2.27. The summed E-state index contributed by atoms with van der Waals surface area (Å²) >= 11 is 0. The van der Waals surface area contributed by atoms with Gasteiger partial charge in [-0.2, -0.15) is 5.06 Å². The highest BCUT2D eigenvalue weighted by Gasteiger charge is 2.42. The molecule has 6 nitrogen and oxygen atoms in total. The van der Waals surface area contributed by atoms with Crippen molar-refractivity contribution in [1.82, 2.24) is 9.96 Å². The molecule has 0 aliphatic carbocycles. The number of nitrogens with zero attached hydrogens (tertiary/aromatic N) is 2. The third kappa shape index (κ3) is 2.31. The minimum Gasteiger partial charge on any atom is -0.462 e. The van der Waals surface area contributed by atoms with Gasteiger partial charge in [-0.1, -0.05) is 11.6 Å². The largest absolute Gasteiger partial charge is 0.462 e. The Kier molecular flexibility index (Phi) is 3.51. The summed E-state index contributed by atoms with van der Waals surface area (Å²) < 4.78 is 17.9. The summed E-state index contributed by atoms with van der Waals surface area (Å²) in [6, 6.07) is -0.779. The Morgan fingerprint density at radius 3 is 3.06 bits per heavy atom. The fraction of sp³-hybridized carbons (Fsp3) is 0.636. The standard InChI is InChI=1S/C11H15FN2O4/c1-3-17-10(15)9(12)18-14-8-4-7(2)5-13(6-8)11(14)16/h4,8-9H,3,5-6H2,1-2H3/t8-,9+/m1/s1. The molecule has 0 radical (unpaired) electrons. The van der Waals surface area contributed by atoms with E-state index in [-0.39, 0.29) is 12.6 Å². The predicted molar refractivity (Wildman–Crippen MR) is 59.0 cm³/mol. The van der Waals surface area contributed by atoms with Crippen LogP contribution in [0.5, 0.6) is 0 Å². The van der Waals surface area contributed by atoms with Gasteiger partial charge in [-0.15, -0.1) is 0 Å². The Bertz CT molecular complexity index is 399. The van der Waals surface area contributed by atoms with Gasteiger partial charge in [0.25, 0.3) is 0 Å². The number of halogens is 1. The maximum atomic E-state index is 13.4. The minimum absolute atomic E-state index is 0.0606. The highest BCUT2D eigenvalue weighted by molar-refractivity contribution is 5.78. The van der Waals surface area contributed by atoms with Gasteiger partial charge in [0.15, 0.2) is 0 Å². The number of fused-ring (bicyclic) bond motifs is 2. The van der Waals surface area contributed by atoms with Crippen LogP contribution in [0.25, 0.3) is 0 Å². The number of ether oxygens (including phenoxy) is 1. The van der Waals surface area contributed by atoms with Crippen molar-refractivity contribution in [3.05, 3.63) is 11.6 Å². The monoisotopic (exact) mass is 258 g/mol. The molecule has 2 atom stereocenters. The van der Waals surface area contributed by atoms with Crippen molar-refractivity contribution in [2.75, 3.05) is 19.7 Å². The fourth-order valence-corrected chi connectivity index (χ4v) is 2.07. The molecule has 0 saturated carbocycles. The molecule has 0 aromatic carbocycles. The van der Waals surface area contributed by atoms with E-state index >= 15 is 0 Å². The first-order valence-corrected chi connectivity index (χ1v) is 5.76. The van der Waals surface area contributed by atoms with Gasteiger partial charge in [-0.3, -0.25) is 0 Å². The summed E-state index contributed by atoms with van der Waals surface area (Å²) in [7, 11) is 0. The topological polar surface area (TPSA) is 59.1 Å². The molecule has 2 rings (SSSR count). The van der Waals surface area contributed by atoms with Crippen molar-refractivity contribution >= 4 is 12.0 Å². The number of hydrogen-bond acceptors (Lipinski definition) is 4. The van der Waals surface area contributed by atoms with Crippen LogP contribution in [0.3, 0.4) is 0 Å². The van der Waals surface area contributed by atoms with E-state index in [0.717, 1.165) is 10.6 Å². The van der Waals surface area contributed by atoms with Crippen molar-refractivity contribution in [3.63, 3.8) is 0 Å². The summed E-state index contributed by atoms with van der Waals surface area (Å²) in [5.74, 6) is -1.12. The number of carbonyl (C=O) groups is 2. The van der Waals surface area contributed by atoms with Gasteiger partial charge in [-0.05, 0) is 13.8 Å². The van der Waals surface area contributed by atoms with Crippen LogP contribution in [-0.4, -0.2) is 54.1 Å². The number of esters is 1. The van der Waals surface area contributed by atoms with Gasteiger partial charge < -0.3 is 9.64 Å². The lowest BCUT2D eigenvalue weighted by Gasteiger charge is -2.21. The number of amides is 2. The quantitative estimate of drug-likeness (QED) is 0.554. The van der Waals surface area contributed by atoms with Crippen LogP contribution in [0.15, 0.2) is 11.6 Å². The molecule has 0 aromatic heterocycles. The summed E-state index contributed by atoms with van der Waals surface area (Å²) in [5, 5.41) is 0.901. The molecule has 18 heavy (non-hydrogen) atoms. The van der Waals surface area contributed by atoms with Gasteiger partial charge in [0.1, 0.15) is 0 Å². The van der Waals surface area contributed by atoms with Gasteiger partial charge in [-0.25, -0.2) is 18.8 Å².